The van der Waals surface area contributed by atoms with Crippen molar-refractivity contribution >= 4 is 19.4 Å². The van der Waals surface area contributed by atoms with Gasteiger partial charge in [-0.3, -0.25) is 9.11 Å². The topological polar surface area (TPSA) is 161 Å². The van der Waals surface area contributed by atoms with Gasteiger partial charge in [-0.05, 0) is 0 Å². The predicted molar refractivity (Wildman–Crippen MR) is 24.4 cm³/mol. The molecule has 0 radical (unpaired) electrons. The standard InChI is InChI=1S/H2O4S.H2O4Si.Zn/c2*1-5(2,3)4;/h(H2,1,2,3,4);1-2H;/q;-2;+2. The van der Waals surface area contributed by atoms with Crippen LogP contribution in [0, 0.1) is 0 Å². The van der Waals surface area contributed by atoms with Crippen molar-refractivity contribution < 1.29 is 56.2 Å². The van der Waals surface area contributed by atoms with Gasteiger partial charge in [0.15, 0.2) is 0 Å². The SMILES string of the molecule is O=S(=O)(O)O.[O-][Si]([O-])(O)O.[Zn+2]. The normalized spacial score (nSPS) is 10.7. The first kappa shape index (κ1) is 17.6. The first-order chi connectivity index (χ1) is 4.00. The maximum atomic E-state index is 8.80. The van der Waals surface area contributed by atoms with Gasteiger partial charge in [0, 0.05) is 0 Å². The summed E-state index contributed by atoms with van der Waals surface area (Å²) in [5.74, 6) is 0. The monoisotopic (exact) mass is 256 g/mol. The van der Waals surface area contributed by atoms with E-state index in [1.165, 1.54) is 0 Å². The van der Waals surface area contributed by atoms with E-state index in [4.69, 9.17) is 36.7 Å². The summed E-state index contributed by atoms with van der Waals surface area (Å²) >= 11 is 0. The first-order valence-electron chi connectivity index (χ1n) is 1.55. The van der Waals surface area contributed by atoms with Gasteiger partial charge < -0.3 is 19.2 Å². The van der Waals surface area contributed by atoms with Gasteiger partial charge in [0.25, 0.3) is 0 Å². The third-order valence-electron chi connectivity index (χ3n) is 0. The van der Waals surface area contributed by atoms with E-state index in [1.807, 2.05) is 0 Å². The Morgan fingerprint density at radius 1 is 1.09 bits per heavy atom. The van der Waals surface area contributed by atoms with Crippen LogP contribution in [0.3, 0.4) is 0 Å². The molecular formula is H4O8SSiZn. The molecular weight excluding hydrogens is 254 g/mol. The molecule has 0 aliphatic carbocycles. The van der Waals surface area contributed by atoms with Crippen LogP contribution in [0.5, 0.6) is 0 Å². The summed E-state index contributed by atoms with van der Waals surface area (Å²) in [5, 5.41) is 0. The largest absolute Gasteiger partial charge is 2.00 e. The van der Waals surface area contributed by atoms with Gasteiger partial charge in [-0.1, -0.05) is 0 Å². The van der Waals surface area contributed by atoms with Crippen LogP contribution in [0.15, 0.2) is 0 Å². The van der Waals surface area contributed by atoms with E-state index >= 15 is 0 Å². The fourth-order valence-electron chi connectivity index (χ4n) is 0. The van der Waals surface area contributed by atoms with Crippen LogP contribution in [-0.4, -0.2) is 36.2 Å². The maximum absolute atomic E-state index is 8.80. The second-order valence-corrected chi connectivity index (χ2v) is 2.99. The van der Waals surface area contributed by atoms with Crippen molar-refractivity contribution in [2.45, 2.75) is 0 Å². The molecule has 0 aliphatic heterocycles. The third-order valence-corrected chi connectivity index (χ3v) is 0. The molecule has 0 atom stereocenters. The second kappa shape index (κ2) is 6.11. The number of hydrogen-bond acceptors (Lipinski definition) is 6. The van der Waals surface area contributed by atoms with Crippen molar-refractivity contribution in [1.82, 2.24) is 0 Å². The van der Waals surface area contributed by atoms with Crippen LogP contribution in [0.4, 0.5) is 0 Å². The molecule has 0 fully saturated rings. The van der Waals surface area contributed by atoms with Gasteiger partial charge in [-0.15, -0.1) is 0 Å². The average Bonchev–Trinajstić information content (AvgIpc) is 1.12. The van der Waals surface area contributed by atoms with E-state index < -0.39 is 19.4 Å². The van der Waals surface area contributed by atoms with Crippen LogP contribution < -0.4 is 9.59 Å². The molecule has 0 heterocycles. The molecule has 0 aromatic rings. The Labute approximate surface area is 75.9 Å². The van der Waals surface area contributed by atoms with Crippen molar-refractivity contribution in [3.05, 3.63) is 0 Å². The summed E-state index contributed by atoms with van der Waals surface area (Å²) in [6.07, 6.45) is 0. The molecule has 0 bridgehead atoms. The van der Waals surface area contributed by atoms with Crippen molar-refractivity contribution in [3.63, 3.8) is 0 Å². The molecule has 0 spiro atoms. The number of hydrogen-bond donors (Lipinski definition) is 4. The summed E-state index contributed by atoms with van der Waals surface area (Å²) in [6.45, 7) is 0. The minimum atomic E-state index is -5.11. The smallest absolute Gasteiger partial charge is 0.828 e. The van der Waals surface area contributed by atoms with Gasteiger partial charge in [-0.2, -0.15) is 8.42 Å². The fourth-order valence-corrected chi connectivity index (χ4v) is 0. The van der Waals surface area contributed by atoms with Crippen molar-refractivity contribution in [3.8, 4) is 0 Å². The quantitative estimate of drug-likeness (QED) is 0.249. The molecule has 64 valence electrons. The molecule has 11 heavy (non-hydrogen) atoms. The third kappa shape index (κ3) is 2550. The summed E-state index contributed by atoms with van der Waals surface area (Å²) in [6, 6.07) is 0. The van der Waals surface area contributed by atoms with E-state index in [0.717, 1.165) is 0 Å². The van der Waals surface area contributed by atoms with E-state index in [-0.39, 0.29) is 19.5 Å². The van der Waals surface area contributed by atoms with Gasteiger partial charge in [0.1, 0.15) is 9.05 Å². The van der Waals surface area contributed by atoms with E-state index in [0.29, 0.717) is 0 Å². The molecule has 11 heteroatoms. The van der Waals surface area contributed by atoms with Gasteiger partial charge in [0.05, 0.1) is 0 Å². The number of rotatable bonds is 0. The average molecular weight is 258 g/mol. The molecule has 0 aliphatic rings. The van der Waals surface area contributed by atoms with Crippen LogP contribution >= 0.6 is 0 Å². The molecule has 8 nitrogen and oxygen atoms in total. The Bertz CT molecular complexity index is 149. The maximum Gasteiger partial charge on any atom is 2.00 e. The van der Waals surface area contributed by atoms with Crippen LogP contribution in [0.2, 0.25) is 0 Å². The molecule has 4 N–H and O–H groups in total. The second-order valence-electron chi connectivity index (χ2n) is 0.996. The van der Waals surface area contributed by atoms with Crippen molar-refractivity contribution in [2.75, 3.05) is 0 Å². The zero-order chi connectivity index (χ0) is 9.00. The zero-order valence-electron chi connectivity index (χ0n) is 5.04. The molecule has 0 unspecified atom stereocenters. The Balaban J connectivity index is -0.000000107. The van der Waals surface area contributed by atoms with E-state index in [1.54, 1.807) is 0 Å². The Morgan fingerprint density at radius 2 is 1.09 bits per heavy atom. The Hall–Kier alpha value is 0.550. The summed E-state index contributed by atoms with van der Waals surface area (Å²) in [5.41, 5.74) is 0. The minimum Gasteiger partial charge on any atom is -0.828 e. The fraction of sp³-hybridized carbons (Fsp3) is 0. The molecule has 0 rings (SSSR count). The van der Waals surface area contributed by atoms with Gasteiger partial charge in [-0.25, -0.2) is 0 Å². The zero-order valence-corrected chi connectivity index (χ0v) is 9.82. The molecule has 0 aromatic carbocycles. The van der Waals surface area contributed by atoms with E-state index in [9.17, 15) is 0 Å². The van der Waals surface area contributed by atoms with E-state index in [2.05, 4.69) is 0 Å². The van der Waals surface area contributed by atoms with Crippen molar-refractivity contribution in [2.24, 2.45) is 0 Å². The first-order valence-corrected chi connectivity index (χ1v) is 4.66. The van der Waals surface area contributed by atoms with Crippen LogP contribution in [0.25, 0.3) is 0 Å². The van der Waals surface area contributed by atoms with Gasteiger partial charge in [0.2, 0.25) is 0 Å². The van der Waals surface area contributed by atoms with Crippen molar-refractivity contribution in [1.29, 1.82) is 0 Å². The summed E-state index contributed by atoms with van der Waals surface area (Å²) < 4.78 is 31.6. The summed E-state index contributed by atoms with van der Waals surface area (Å²) in [7, 11) is -9.78. The Kier molecular flexibility index (Phi) is 9.77. The molecule has 0 saturated carbocycles. The predicted octanol–water partition coefficient (Wildman–Crippen LogP) is -4.53. The van der Waals surface area contributed by atoms with Crippen LogP contribution in [-0.2, 0) is 29.9 Å². The summed E-state index contributed by atoms with van der Waals surface area (Å²) in [4.78, 5) is 31.8. The molecule has 0 aromatic heterocycles. The van der Waals surface area contributed by atoms with Crippen LogP contribution in [0.1, 0.15) is 0 Å². The molecule has 0 amide bonds. The Morgan fingerprint density at radius 3 is 1.09 bits per heavy atom. The molecule has 0 saturated heterocycles. The minimum absolute atomic E-state index is 0. The van der Waals surface area contributed by atoms with Gasteiger partial charge >= 0.3 is 29.9 Å².